The quantitative estimate of drug-likeness (QED) is 0.831. The molecule has 2 rings (SSSR count). The fraction of sp³-hybridized carbons (Fsp3) is 0.143. The number of halogens is 3. The summed E-state index contributed by atoms with van der Waals surface area (Å²) in [5.41, 5.74) is 1.25. The molecule has 2 aromatic rings. The largest absolute Gasteiger partial charge is 0.388 e. The second-order valence-electron chi connectivity index (χ2n) is 3.95. The monoisotopic (exact) mass is 372 g/mol. The Balaban J connectivity index is 2.25. The molecule has 4 heteroatoms. The Kier molecular flexibility index (Phi) is 4.54. The van der Waals surface area contributed by atoms with Crippen molar-refractivity contribution in [1.82, 2.24) is 0 Å². The predicted molar refractivity (Wildman–Crippen MR) is 76.9 cm³/mol. The summed E-state index contributed by atoms with van der Waals surface area (Å²) >= 11 is 6.54. The van der Waals surface area contributed by atoms with Gasteiger partial charge in [-0.25, -0.2) is 4.39 Å². The Morgan fingerprint density at radius 2 is 1.67 bits per heavy atom. The fourth-order valence-electron chi connectivity index (χ4n) is 1.76. The minimum Gasteiger partial charge on any atom is -0.388 e. The number of hydrogen-bond donors (Lipinski definition) is 1. The molecule has 1 unspecified atom stereocenters. The molecule has 0 saturated carbocycles. The van der Waals surface area contributed by atoms with Crippen LogP contribution in [0.1, 0.15) is 17.2 Å². The molecule has 94 valence electrons. The van der Waals surface area contributed by atoms with Gasteiger partial charge in [0, 0.05) is 16.5 Å². The Morgan fingerprint density at radius 3 is 2.39 bits per heavy atom. The van der Waals surface area contributed by atoms with Gasteiger partial charge in [0.25, 0.3) is 0 Å². The van der Waals surface area contributed by atoms with E-state index in [0.29, 0.717) is 16.5 Å². The van der Waals surface area contributed by atoms with Gasteiger partial charge in [-0.2, -0.15) is 0 Å². The van der Waals surface area contributed by atoms with Crippen LogP contribution in [0.25, 0.3) is 0 Å². The molecule has 0 radical (unpaired) electrons. The molecule has 2 aromatic carbocycles. The third kappa shape index (κ3) is 2.99. The van der Waals surface area contributed by atoms with Gasteiger partial charge in [-0.3, -0.25) is 0 Å². The molecule has 0 aliphatic rings. The van der Waals surface area contributed by atoms with Gasteiger partial charge < -0.3 is 5.11 Å². The smallest absolute Gasteiger partial charge is 0.143 e. The summed E-state index contributed by atoms with van der Waals surface area (Å²) in [5, 5.41) is 10.1. The highest BCUT2D eigenvalue weighted by atomic mass is 79.9. The molecule has 0 spiro atoms. The standard InChI is InChI=1S/C14H11Br2FO/c15-11-6-2-1-4-9(11)8-13(18)10-5-3-7-12(16)14(10)17/h1-7,13,18H,8H2. The van der Waals surface area contributed by atoms with E-state index in [4.69, 9.17) is 0 Å². The van der Waals surface area contributed by atoms with E-state index in [1.54, 1.807) is 18.2 Å². The van der Waals surface area contributed by atoms with Crippen molar-refractivity contribution in [3.63, 3.8) is 0 Å². The summed E-state index contributed by atoms with van der Waals surface area (Å²) in [7, 11) is 0. The second kappa shape index (κ2) is 5.95. The highest BCUT2D eigenvalue weighted by molar-refractivity contribution is 9.10. The molecule has 0 aromatic heterocycles. The van der Waals surface area contributed by atoms with Crippen molar-refractivity contribution in [2.45, 2.75) is 12.5 Å². The van der Waals surface area contributed by atoms with Gasteiger partial charge >= 0.3 is 0 Å². The number of benzene rings is 2. The average molecular weight is 374 g/mol. The first kappa shape index (κ1) is 13.7. The van der Waals surface area contributed by atoms with Crippen molar-refractivity contribution in [2.75, 3.05) is 0 Å². The molecular formula is C14H11Br2FO. The molecule has 0 heterocycles. The lowest BCUT2D eigenvalue weighted by atomic mass is 10.0. The van der Waals surface area contributed by atoms with Crippen LogP contribution in [-0.4, -0.2) is 5.11 Å². The van der Waals surface area contributed by atoms with Crippen LogP contribution in [0.4, 0.5) is 4.39 Å². The van der Waals surface area contributed by atoms with Gasteiger partial charge in [0.1, 0.15) is 5.82 Å². The predicted octanol–water partition coefficient (Wildman–Crippen LogP) is 4.63. The first-order valence-corrected chi connectivity index (χ1v) is 7.03. The lowest BCUT2D eigenvalue weighted by molar-refractivity contribution is 0.173. The molecule has 0 amide bonds. The van der Waals surface area contributed by atoms with Gasteiger partial charge in [0.2, 0.25) is 0 Å². The maximum atomic E-state index is 13.8. The van der Waals surface area contributed by atoms with E-state index in [2.05, 4.69) is 31.9 Å². The highest BCUT2D eigenvalue weighted by Crippen LogP contribution is 2.28. The Bertz CT molecular complexity index is 557. The minimum atomic E-state index is -0.860. The van der Waals surface area contributed by atoms with E-state index >= 15 is 0 Å². The summed E-state index contributed by atoms with van der Waals surface area (Å²) < 4.78 is 15.1. The Hall–Kier alpha value is -0.710. The SMILES string of the molecule is OC(Cc1ccccc1Br)c1cccc(Br)c1F. The zero-order valence-electron chi connectivity index (χ0n) is 9.41. The van der Waals surface area contributed by atoms with Gasteiger partial charge in [-0.1, -0.05) is 46.3 Å². The van der Waals surface area contributed by atoms with Crippen LogP contribution in [0.2, 0.25) is 0 Å². The molecule has 0 aliphatic carbocycles. The second-order valence-corrected chi connectivity index (χ2v) is 5.66. The summed E-state index contributed by atoms with van der Waals surface area (Å²) in [5.74, 6) is -0.406. The topological polar surface area (TPSA) is 20.2 Å². The zero-order valence-corrected chi connectivity index (χ0v) is 12.6. The van der Waals surface area contributed by atoms with Crippen molar-refractivity contribution >= 4 is 31.9 Å². The highest BCUT2D eigenvalue weighted by Gasteiger charge is 2.16. The molecule has 0 aliphatic heterocycles. The fourth-order valence-corrected chi connectivity index (χ4v) is 2.59. The lowest BCUT2D eigenvalue weighted by Gasteiger charge is -2.13. The van der Waals surface area contributed by atoms with Crippen molar-refractivity contribution in [3.8, 4) is 0 Å². The van der Waals surface area contributed by atoms with Gasteiger partial charge in [0.05, 0.1) is 10.6 Å². The van der Waals surface area contributed by atoms with Gasteiger partial charge in [-0.15, -0.1) is 0 Å². The number of aliphatic hydroxyl groups excluding tert-OH is 1. The first-order chi connectivity index (χ1) is 8.59. The van der Waals surface area contributed by atoms with Crippen LogP contribution < -0.4 is 0 Å². The Morgan fingerprint density at radius 1 is 1.00 bits per heavy atom. The molecule has 1 nitrogen and oxygen atoms in total. The van der Waals surface area contributed by atoms with E-state index in [1.165, 1.54) is 0 Å². The van der Waals surface area contributed by atoms with E-state index in [0.717, 1.165) is 10.0 Å². The zero-order chi connectivity index (χ0) is 13.1. The van der Waals surface area contributed by atoms with Crippen LogP contribution in [0.3, 0.4) is 0 Å². The first-order valence-electron chi connectivity index (χ1n) is 5.45. The van der Waals surface area contributed by atoms with Crippen molar-refractivity contribution in [2.24, 2.45) is 0 Å². The lowest BCUT2D eigenvalue weighted by Crippen LogP contribution is -2.05. The van der Waals surface area contributed by atoms with Crippen molar-refractivity contribution < 1.29 is 9.50 Å². The summed E-state index contributed by atoms with van der Waals surface area (Å²) in [6, 6.07) is 12.5. The van der Waals surface area contributed by atoms with E-state index in [-0.39, 0.29) is 0 Å². The maximum Gasteiger partial charge on any atom is 0.143 e. The minimum absolute atomic E-state index is 0.306. The van der Waals surface area contributed by atoms with Gasteiger partial charge in [0.15, 0.2) is 0 Å². The number of aliphatic hydroxyl groups is 1. The van der Waals surface area contributed by atoms with E-state index < -0.39 is 11.9 Å². The van der Waals surface area contributed by atoms with Crippen LogP contribution in [0.5, 0.6) is 0 Å². The molecule has 1 atom stereocenters. The Labute approximate surface area is 122 Å². The van der Waals surface area contributed by atoms with E-state index in [9.17, 15) is 9.50 Å². The number of rotatable bonds is 3. The van der Waals surface area contributed by atoms with Crippen LogP contribution in [-0.2, 0) is 6.42 Å². The van der Waals surface area contributed by atoms with E-state index in [1.807, 2.05) is 24.3 Å². The maximum absolute atomic E-state index is 13.8. The van der Waals surface area contributed by atoms with Crippen molar-refractivity contribution in [3.05, 3.63) is 68.4 Å². The summed E-state index contributed by atoms with van der Waals surface area (Å²) in [4.78, 5) is 0. The summed E-state index contributed by atoms with van der Waals surface area (Å²) in [6.45, 7) is 0. The molecule has 0 fully saturated rings. The third-order valence-corrected chi connectivity index (χ3v) is 4.10. The molecule has 0 saturated heterocycles. The number of hydrogen-bond acceptors (Lipinski definition) is 1. The van der Waals surface area contributed by atoms with Crippen LogP contribution in [0, 0.1) is 5.82 Å². The molecule has 1 N–H and O–H groups in total. The van der Waals surface area contributed by atoms with Crippen LogP contribution >= 0.6 is 31.9 Å². The molecule has 18 heavy (non-hydrogen) atoms. The molecule has 0 bridgehead atoms. The average Bonchev–Trinajstić information content (AvgIpc) is 2.35. The molecular weight excluding hydrogens is 363 g/mol. The van der Waals surface area contributed by atoms with Crippen LogP contribution in [0.15, 0.2) is 51.4 Å². The normalized spacial score (nSPS) is 12.4. The third-order valence-electron chi connectivity index (χ3n) is 2.71. The van der Waals surface area contributed by atoms with Gasteiger partial charge in [-0.05, 0) is 33.6 Å². The summed E-state index contributed by atoms with van der Waals surface area (Å²) in [6.07, 6.45) is -0.490. The van der Waals surface area contributed by atoms with Crippen molar-refractivity contribution in [1.29, 1.82) is 0 Å².